The zero-order valence-corrected chi connectivity index (χ0v) is 7.16. The van der Waals surface area contributed by atoms with Gasteiger partial charge in [-0.1, -0.05) is 0 Å². The molecule has 1 N–H and O–H groups in total. The van der Waals surface area contributed by atoms with Gasteiger partial charge in [0.05, 0.1) is 13.2 Å². The predicted molar refractivity (Wildman–Crippen MR) is 41.6 cm³/mol. The van der Waals surface area contributed by atoms with Crippen molar-refractivity contribution in [1.29, 1.82) is 0 Å². The van der Waals surface area contributed by atoms with E-state index in [0.717, 1.165) is 4.90 Å². The molecule has 1 atom stereocenters. The van der Waals surface area contributed by atoms with Crippen molar-refractivity contribution in [3.05, 3.63) is 0 Å². The van der Waals surface area contributed by atoms with Gasteiger partial charge in [-0.05, 0) is 6.92 Å². The molecule has 0 aliphatic carbocycles. The molecule has 0 unspecified atom stereocenters. The van der Waals surface area contributed by atoms with Crippen molar-refractivity contribution in [3.8, 4) is 0 Å². The lowest BCUT2D eigenvalue weighted by Gasteiger charge is -2.10. The van der Waals surface area contributed by atoms with Crippen LogP contribution in [0.3, 0.4) is 0 Å². The molecule has 0 aromatic heterocycles. The average molecular weight is 172 g/mol. The van der Waals surface area contributed by atoms with Crippen molar-refractivity contribution in [2.75, 3.05) is 20.3 Å². The van der Waals surface area contributed by atoms with Gasteiger partial charge in [0.25, 0.3) is 5.91 Å². The standard InChI is InChI=1S/C7H12N2O3/c1-5-6(10)9(3-4-12-2)7(11)8-5/h5H,3-4H2,1-2H3,(H,8,11)/t5-/m1/s1. The van der Waals surface area contributed by atoms with E-state index < -0.39 is 6.04 Å². The summed E-state index contributed by atoms with van der Waals surface area (Å²) in [6, 6.07) is -0.723. The molecule has 1 rings (SSSR count). The first-order valence-electron chi connectivity index (χ1n) is 3.77. The van der Waals surface area contributed by atoms with Crippen molar-refractivity contribution in [3.63, 3.8) is 0 Å². The van der Waals surface area contributed by atoms with Gasteiger partial charge in [0.15, 0.2) is 0 Å². The maximum absolute atomic E-state index is 11.2. The van der Waals surface area contributed by atoms with Gasteiger partial charge in [-0.2, -0.15) is 0 Å². The summed E-state index contributed by atoms with van der Waals surface area (Å²) in [6.45, 7) is 2.37. The quantitative estimate of drug-likeness (QED) is 0.588. The molecule has 0 radical (unpaired) electrons. The third kappa shape index (κ3) is 1.55. The summed E-state index contributed by atoms with van der Waals surface area (Å²) >= 11 is 0. The summed E-state index contributed by atoms with van der Waals surface area (Å²) in [4.78, 5) is 23.4. The van der Waals surface area contributed by atoms with E-state index in [-0.39, 0.29) is 11.9 Å². The van der Waals surface area contributed by atoms with Crippen LogP contribution in [0.25, 0.3) is 0 Å². The number of carbonyl (C=O) groups is 2. The van der Waals surface area contributed by atoms with Gasteiger partial charge < -0.3 is 10.1 Å². The number of urea groups is 1. The van der Waals surface area contributed by atoms with E-state index in [1.807, 2.05) is 0 Å². The van der Waals surface area contributed by atoms with Crippen LogP contribution in [0.5, 0.6) is 0 Å². The van der Waals surface area contributed by atoms with E-state index in [2.05, 4.69) is 5.32 Å². The molecule has 0 spiro atoms. The minimum absolute atomic E-state index is 0.183. The predicted octanol–water partition coefficient (Wildman–Crippen LogP) is -0.427. The van der Waals surface area contributed by atoms with E-state index in [4.69, 9.17) is 4.74 Å². The first kappa shape index (κ1) is 8.99. The third-order valence-corrected chi connectivity index (χ3v) is 1.74. The van der Waals surface area contributed by atoms with Gasteiger partial charge in [-0.25, -0.2) is 4.79 Å². The van der Waals surface area contributed by atoms with Crippen LogP contribution in [0.1, 0.15) is 6.92 Å². The van der Waals surface area contributed by atoms with E-state index >= 15 is 0 Å². The molecule has 1 aliphatic rings. The van der Waals surface area contributed by atoms with Crippen LogP contribution in [-0.2, 0) is 9.53 Å². The number of carbonyl (C=O) groups excluding carboxylic acids is 2. The Balaban J connectivity index is 2.52. The summed E-state index contributed by atoms with van der Waals surface area (Å²) < 4.78 is 4.76. The van der Waals surface area contributed by atoms with Crippen molar-refractivity contribution >= 4 is 11.9 Å². The topological polar surface area (TPSA) is 58.6 Å². The number of nitrogens with zero attached hydrogens (tertiary/aromatic N) is 1. The Morgan fingerprint density at radius 1 is 1.58 bits per heavy atom. The zero-order chi connectivity index (χ0) is 9.14. The second-order valence-electron chi connectivity index (χ2n) is 2.65. The molecular weight excluding hydrogens is 160 g/mol. The first-order valence-corrected chi connectivity index (χ1v) is 3.77. The molecule has 12 heavy (non-hydrogen) atoms. The van der Waals surface area contributed by atoms with E-state index in [0.29, 0.717) is 13.2 Å². The van der Waals surface area contributed by atoms with Crippen LogP contribution < -0.4 is 5.32 Å². The summed E-state index contributed by atoms with van der Waals surface area (Å²) in [7, 11) is 1.53. The molecule has 1 heterocycles. The third-order valence-electron chi connectivity index (χ3n) is 1.74. The molecule has 5 heteroatoms. The molecule has 0 aromatic carbocycles. The summed E-state index contributed by atoms with van der Waals surface area (Å²) in [5.74, 6) is -0.183. The Hall–Kier alpha value is -1.10. The highest BCUT2D eigenvalue weighted by Crippen LogP contribution is 2.04. The maximum atomic E-state index is 11.2. The minimum atomic E-state index is -0.394. The van der Waals surface area contributed by atoms with Crippen LogP contribution in [0.2, 0.25) is 0 Å². The number of ether oxygens (including phenoxy) is 1. The number of nitrogens with one attached hydrogen (secondary N) is 1. The van der Waals surface area contributed by atoms with E-state index in [1.54, 1.807) is 6.92 Å². The Bertz CT molecular complexity index is 205. The first-order chi connectivity index (χ1) is 5.66. The molecule has 68 valence electrons. The number of hydrogen-bond acceptors (Lipinski definition) is 3. The van der Waals surface area contributed by atoms with Crippen LogP contribution >= 0.6 is 0 Å². The minimum Gasteiger partial charge on any atom is -0.383 e. The molecule has 1 fully saturated rings. The van der Waals surface area contributed by atoms with Crippen molar-refractivity contribution < 1.29 is 14.3 Å². The van der Waals surface area contributed by atoms with Crippen LogP contribution in [0.4, 0.5) is 4.79 Å². The van der Waals surface area contributed by atoms with Gasteiger partial charge in [0.2, 0.25) is 0 Å². The van der Waals surface area contributed by atoms with Gasteiger partial charge in [-0.3, -0.25) is 9.69 Å². The van der Waals surface area contributed by atoms with Crippen LogP contribution in [-0.4, -0.2) is 43.1 Å². The van der Waals surface area contributed by atoms with Crippen molar-refractivity contribution in [2.45, 2.75) is 13.0 Å². The second-order valence-corrected chi connectivity index (χ2v) is 2.65. The fourth-order valence-corrected chi connectivity index (χ4v) is 1.05. The van der Waals surface area contributed by atoms with Crippen LogP contribution in [0, 0.1) is 0 Å². The highest BCUT2D eigenvalue weighted by Gasteiger charge is 2.34. The Labute approximate surface area is 70.7 Å². The summed E-state index contributed by atoms with van der Waals surface area (Å²) in [5.41, 5.74) is 0. The van der Waals surface area contributed by atoms with E-state index in [9.17, 15) is 9.59 Å². The Kier molecular flexibility index (Phi) is 2.65. The van der Waals surface area contributed by atoms with Gasteiger partial charge in [-0.15, -0.1) is 0 Å². The largest absolute Gasteiger partial charge is 0.383 e. The van der Waals surface area contributed by atoms with Crippen molar-refractivity contribution in [1.82, 2.24) is 10.2 Å². The van der Waals surface area contributed by atoms with Gasteiger partial charge >= 0.3 is 6.03 Å². The fraction of sp³-hybridized carbons (Fsp3) is 0.714. The monoisotopic (exact) mass is 172 g/mol. The van der Waals surface area contributed by atoms with Crippen LogP contribution in [0.15, 0.2) is 0 Å². The fourth-order valence-electron chi connectivity index (χ4n) is 1.05. The molecule has 3 amide bonds. The Morgan fingerprint density at radius 3 is 2.67 bits per heavy atom. The molecule has 0 aromatic rings. The number of rotatable bonds is 3. The molecule has 5 nitrogen and oxygen atoms in total. The molecule has 0 saturated carbocycles. The smallest absolute Gasteiger partial charge is 0.324 e. The molecule has 1 aliphatic heterocycles. The molecule has 1 saturated heterocycles. The Morgan fingerprint density at radius 2 is 2.25 bits per heavy atom. The lowest BCUT2D eigenvalue weighted by molar-refractivity contribution is -0.127. The number of methoxy groups -OCH3 is 1. The molecule has 0 bridgehead atoms. The maximum Gasteiger partial charge on any atom is 0.324 e. The lowest BCUT2D eigenvalue weighted by atomic mass is 10.3. The number of hydrogen-bond donors (Lipinski definition) is 1. The molecular formula is C7H12N2O3. The van der Waals surface area contributed by atoms with Gasteiger partial charge in [0, 0.05) is 7.11 Å². The summed E-state index contributed by atoms with van der Waals surface area (Å²) in [6.07, 6.45) is 0. The number of imide groups is 1. The zero-order valence-electron chi connectivity index (χ0n) is 7.16. The highest BCUT2D eigenvalue weighted by molar-refractivity contribution is 6.03. The SMILES string of the molecule is COCCN1C(=O)N[C@H](C)C1=O. The highest BCUT2D eigenvalue weighted by atomic mass is 16.5. The van der Waals surface area contributed by atoms with Gasteiger partial charge in [0.1, 0.15) is 6.04 Å². The summed E-state index contributed by atoms with van der Waals surface area (Å²) in [5, 5.41) is 2.51. The number of amides is 3. The normalized spacial score (nSPS) is 23.2. The second kappa shape index (κ2) is 3.53. The lowest BCUT2D eigenvalue weighted by Crippen LogP contribution is -2.34. The van der Waals surface area contributed by atoms with Crippen molar-refractivity contribution in [2.24, 2.45) is 0 Å². The van der Waals surface area contributed by atoms with E-state index in [1.165, 1.54) is 7.11 Å². The average Bonchev–Trinajstić information content (AvgIpc) is 2.25.